The van der Waals surface area contributed by atoms with Gasteiger partial charge >= 0.3 is 0 Å². The molecule has 4 heterocycles. The van der Waals surface area contributed by atoms with Crippen LogP contribution in [0.1, 0.15) is 0 Å². The van der Waals surface area contributed by atoms with Crippen molar-refractivity contribution in [3.63, 3.8) is 0 Å². The van der Waals surface area contributed by atoms with Gasteiger partial charge in [0.15, 0.2) is 0 Å². The van der Waals surface area contributed by atoms with E-state index in [0.29, 0.717) is 0 Å². The van der Waals surface area contributed by atoms with Gasteiger partial charge in [0.25, 0.3) is 0 Å². The Bertz CT molecular complexity index is 947. The summed E-state index contributed by atoms with van der Waals surface area (Å²) in [5.41, 5.74) is 3.22. The Hall–Kier alpha value is -2.28. The van der Waals surface area contributed by atoms with Crippen LogP contribution in [0.15, 0.2) is 67.4 Å². The standard InChI is InChI=1S/C17H11IN4/c18-17-14(13-2-1-7-19-10-13)3-4-16(21-17)22-9-6-12-5-8-20-11-15(12)22/h1-11H. The van der Waals surface area contributed by atoms with Crippen molar-refractivity contribution < 1.29 is 0 Å². The highest BCUT2D eigenvalue weighted by molar-refractivity contribution is 14.1. The maximum atomic E-state index is 4.74. The van der Waals surface area contributed by atoms with E-state index in [4.69, 9.17) is 4.98 Å². The Morgan fingerprint density at radius 3 is 2.64 bits per heavy atom. The average Bonchev–Trinajstić information content (AvgIpc) is 2.99. The van der Waals surface area contributed by atoms with E-state index in [0.717, 1.165) is 31.5 Å². The maximum absolute atomic E-state index is 4.74. The lowest BCUT2D eigenvalue weighted by molar-refractivity contribution is 1.03. The number of hydrogen-bond donors (Lipinski definition) is 0. The highest BCUT2D eigenvalue weighted by atomic mass is 127. The molecule has 0 N–H and O–H groups in total. The third-order valence-electron chi connectivity index (χ3n) is 3.55. The molecule has 0 atom stereocenters. The van der Waals surface area contributed by atoms with Crippen LogP contribution in [-0.4, -0.2) is 19.5 Å². The second kappa shape index (κ2) is 5.49. The Labute approximate surface area is 141 Å². The van der Waals surface area contributed by atoms with Crippen LogP contribution in [0, 0.1) is 3.70 Å². The molecule has 0 saturated carbocycles. The summed E-state index contributed by atoms with van der Waals surface area (Å²) < 4.78 is 3.01. The number of pyridine rings is 3. The molecular formula is C17H11IN4. The van der Waals surface area contributed by atoms with Gasteiger partial charge in [-0.2, -0.15) is 0 Å². The predicted octanol–water partition coefficient (Wildman–Crippen LogP) is 4.09. The Balaban J connectivity index is 1.83. The van der Waals surface area contributed by atoms with Crippen molar-refractivity contribution in [2.24, 2.45) is 0 Å². The second-order valence-corrected chi connectivity index (χ2v) is 5.89. The van der Waals surface area contributed by atoms with E-state index in [9.17, 15) is 0 Å². The van der Waals surface area contributed by atoms with Crippen LogP contribution >= 0.6 is 22.6 Å². The van der Waals surface area contributed by atoms with Crippen LogP contribution in [0.5, 0.6) is 0 Å². The molecule has 0 radical (unpaired) electrons. The molecule has 0 aliphatic rings. The first-order valence-electron chi connectivity index (χ1n) is 6.81. The summed E-state index contributed by atoms with van der Waals surface area (Å²) in [6.07, 6.45) is 9.31. The van der Waals surface area contributed by atoms with E-state index < -0.39 is 0 Å². The number of rotatable bonds is 2. The maximum Gasteiger partial charge on any atom is 0.138 e. The van der Waals surface area contributed by atoms with Gasteiger partial charge in [-0.15, -0.1) is 0 Å². The van der Waals surface area contributed by atoms with Crippen LogP contribution in [0.2, 0.25) is 0 Å². The Morgan fingerprint density at radius 2 is 1.82 bits per heavy atom. The van der Waals surface area contributed by atoms with Gasteiger partial charge in [0.2, 0.25) is 0 Å². The van der Waals surface area contributed by atoms with E-state index >= 15 is 0 Å². The van der Waals surface area contributed by atoms with Gasteiger partial charge in [0.1, 0.15) is 9.52 Å². The van der Waals surface area contributed by atoms with Gasteiger partial charge in [-0.05, 0) is 52.9 Å². The molecule has 106 valence electrons. The fourth-order valence-electron chi connectivity index (χ4n) is 2.47. The fourth-order valence-corrected chi connectivity index (χ4v) is 3.21. The van der Waals surface area contributed by atoms with Crippen LogP contribution < -0.4 is 0 Å². The normalized spacial score (nSPS) is 11.0. The molecule has 22 heavy (non-hydrogen) atoms. The van der Waals surface area contributed by atoms with Crippen molar-refractivity contribution in [1.82, 2.24) is 19.5 Å². The van der Waals surface area contributed by atoms with E-state index in [1.165, 1.54) is 0 Å². The van der Waals surface area contributed by atoms with Gasteiger partial charge in [-0.1, -0.05) is 6.07 Å². The van der Waals surface area contributed by atoms with Crippen molar-refractivity contribution >= 4 is 33.5 Å². The van der Waals surface area contributed by atoms with Crippen molar-refractivity contribution in [2.75, 3.05) is 0 Å². The second-order valence-electron chi connectivity index (χ2n) is 4.87. The molecule has 4 aromatic heterocycles. The number of aromatic nitrogens is 4. The summed E-state index contributed by atoms with van der Waals surface area (Å²) >= 11 is 2.27. The Morgan fingerprint density at radius 1 is 0.909 bits per heavy atom. The van der Waals surface area contributed by atoms with Gasteiger partial charge in [0.05, 0.1) is 11.7 Å². The van der Waals surface area contributed by atoms with E-state index in [1.807, 2.05) is 42.9 Å². The highest BCUT2D eigenvalue weighted by Crippen LogP contribution is 2.25. The molecule has 0 bridgehead atoms. The van der Waals surface area contributed by atoms with Crippen LogP contribution in [-0.2, 0) is 0 Å². The van der Waals surface area contributed by atoms with Crippen molar-refractivity contribution in [1.29, 1.82) is 0 Å². The highest BCUT2D eigenvalue weighted by Gasteiger charge is 2.09. The number of fused-ring (bicyclic) bond motifs is 1. The summed E-state index contributed by atoms with van der Waals surface area (Å²) in [7, 11) is 0. The minimum absolute atomic E-state index is 0.889. The zero-order chi connectivity index (χ0) is 14.9. The number of halogens is 1. The van der Waals surface area contributed by atoms with Gasteiger partial charge in [-0.3, -0.25) is 14.5 Å². The van der Waals surface area contributed by atoms with Crippen LogP contribution in [0.4, 0.5) is 0 Å². The van der Waals surface area contributed by atoms with Crippen molar-refractivity contribution in [3.8, 4) is 16.9 Å². The number of hydrogen-bond acceptors (Lipinski definition) is 3. The smallest absolute Gasteiger partial charge is 0.138 e. The molecule has 0 saturated heterocycles. The fraction of sp³-hybridized carbons (Fsp3) is 0. The lowest BCUT2D eigenvalue weighted by atomic mass is 10.1. The molecule has 4 aromatic rings. The first kappa shape index (κ1) is 13.4. The molecule has 0 aliphatic heterocycles. The van der Waals surface area contributed by atoms with Crippen molar-refractivity contribution in [2.45, 2.75) is 0 Å². The number of nitrogens with zero attached hydrogens (tertiary/aromatic N) is 4. The molecule has 5 heteroatoms. The first-order chi connectivity index (χ1) is 10.8. The molecule has 0 aromatic carbocycles. The van der Waals surface area contributed by atoms with Gasteiger partial charge in [-0.25, -0.2) is 4.98 Å². The lowest BCUT2D eigenvalue weighted by Gasteiger charge is -2.08. The molecule has 0 spiro atoms. The molecule has 0 fully saturated rings. The topological polar surface area (TPSA) is 43.6 Å². The SMILES string of the molecule is Ic1nc(-n2ccc3ccncc32)ccc1-c1cccnc1. The van der Waals surface area contributed by atoms with Gasteiger partial charge < -0.3 is 0 Å². The average molecular weight is 398 g/mol. The largest absolute Gasteiger partial charge is 0.300 e. The monoisotopic (exact) mass is 398 g/mol. The van der Waals surface area contributed by atoms with Crippen LogP contribution in [0.3, 0.4) is 0 Å². The van der Waals surface area contributed by atoms with Crippen molar-refractivity contribution in [3.05, 3.63) is 71.1 Å². The quantitative estimate of drug-likeness (QED) is 0.378. The van der Waals surface area contributed by atoms with Gasteiger partial charge in [0, 0.05) is 41.3 Å². The predicted molar refractivity (Wildman–Crippen MR) is 94.8 cm³/mol. The summed E-state index contributed by atoms with van der Waals surface area (Å²) in [5, 5.41) is 1.16. The lowest BCUT2D eigenvalue weighted by Crippen LogP contribution is -1.99. The molecule has 0 unspecified atom stereocenters. The first-order valence-corrected chi connectivity index (χ1v) is 7.89. The minimum Gasteiger partial charge on any atom is -0.300 e. The third kappa shape index (κ3) is 2.27. The summed E-state index contributed by atoms with van der Waals surface area (Å²) in [6.45, 7) is 0. The molecule has 0 amide bonds. The summed E-state index contributed by atoms with van der Waals surface area (Å²) in [5.74, 6) is 0.889. The summed E-state index contributed by atoms with van der Waals surface area (Å²) in [4.78, 5) is 13.1. The minimum atomic E-state index is 0.889. The third-order valence-corrected chi connectivity index (χ3v) is 4.37. The zero-order valence-corrected chi connectivity index (χ0v) is 13.7. The molecule has 0 aliphatic carbocycles. The zero-order valence-electron chi connectivity index (χ0n) is 11.5. The molecule has 4 nitrogen and oxygen atoms in total. The van der Waals surface area contributed by atoms with E-state index in [2.05, 4.69) is 49.3 Å². The molecule has 4 rings (SSSR count). The summed E-state index contributed by atoms with van der Waals surface area (Å²) in [6, 6.07) is 12.2. The Kier molecular flexibility index (Phi) is 3.34. The van der Waals surface area contributed by atoms with E-state index in [-0.39, 0.29) is 0 Å². The van der Waals surface area contributed by atoms with Crippen LogP contribution in [0.25, 0.3) is 27.8 Å². The molecular weight excluding hydrogens is 387 g/mol. The van der Waals surface area contributed by atoms with E-state index in [1.54, 1.807) is 12.4 Å².